The first-order chi connectivity index (χ1) is 12.6. The molecule has 4 rings (SSSR count). The van der Waals surface area contributed by atoms with E-state index >= 15 is 0 Å². The molecule has 4 heteroatoms. The number of hydrogen-bond acceptors (Lipinski definition) is 3. The Bertz CT molecular complexity index is 822. The lowest BCUT2D eigenvalue weighted by atomic mass is 10.1. The minimum absolute atomic E-state index is 0.0739. The van der Waals surface area contributed by atoms with Crippen molar-refractivity contribution in [1.29, 1.82) is 0 Å². The molecular weight excluding hydrogens is 324 g/mol. The van der Waals surface area contributed by atoms with Gasteiger partial charge in [0, 0.05) is 12.6 Å². The molecule has 134 valence electrons. The third-order valence-corrected chi connectivity index (χ3v) is 5.41. The van der Waals surface area contributed by atoms with Crippen molar-refractivity contribution in [2.45, 2.75) is 51.7 Å². The van der Waals surface area contributed by atoms with Gasteiger partial charge in [-0.3, -0.25) is 14.5 Å². The molecule has 1 saturated heterocycles. The Balaban J connectivity index is 1.63. The molecule has 2 aromatic rings. The van der Waals surface area contributed by atoms with Crippen LogP contribution < -0.4 is 4.90 Å². The summed E-state index contributed by atoms with van der Waals surface area (Å²) in [6, 6.07) is 16.1. The minimum atomic E-state index is -0.353. The molecule has 1 heterocycles. The van der Waals surface area contributed by atoms with Gasteiger partial charge in [-0.25, -0.2) is 4.90 Å². The lowest BCUT2D eigenvalue weighted by Crippen LogP contribution is -2.43. The summed E-state index contributed by atoms with van der Waals surface area (Å²) in [5, 5.41) is 0. The molecule has 1 aliphatic heterocycles. The number of hydrogen-bond donors (Lipinski definition) is 0. The number of imide groups is 1. The van der Waals surface area contributed by atoms with Crippen LogP contribution in [0.2, 0.25) is 0 Å². The fourth-order valence-electron chi connectivity index (χ4n) is 3.96. The molecule has 0 unspecified atom stereocenters. The molecular formula is C22H24N2O2. The monoisotopic (exact) mass is 348 g/mol. The molecule has 2 fully saturated rings. The van der Waals surface area contributed by atoms with E-state index < -0.39 is 0 Å². The van der Waals surface area contributed by atoms with E-state index in [1.165, 1.54) is 10.5 Å². The Hall–Kier alpha value is -2.46. The lowest BCUT2D eigenvalue weighted by Gasteiger charge is -2.28. The largest absolute Gasteiger partial charge is 0.284 e. The summed E-state index contributed by atoms with van der Waals surface area (Å²) >= 11 is 0. The van der Waals surface area contributed by atoms with Crippen molar-refractivity contribution in [3.05, 3.63) is 65.2 Å². The maximum Gasteiger partial charge on any atom is 0.251 e. The SMILES string of the molecule is Cc1cccc(C)c1N1C(=O)C[C@H](N(Cc2ccccc2)C2CC2)C1=O. The smallest absolute Gasteiger partial charge is 0.251 e. The summed E-state index contributed by atoms with van der Waals surface area (Å²) in [6.45, 7) is 4.63. The fraction of sp³-hybridized carbons (Fsp3) is 0.364. The number of carbonyl (C=O) groups is 2. The molecule has 26 heavy (non-hydrogen) atoms. The van der Waals surface area contributed by atoms with Crippen LogP contribution >= 0.6 is 0 Å². The minimum Gasteiger partial charge on any atom is -0.284 e. The summed E-state index contributed by atoms with van der Waals surface area (Å²) < 4.78 is 0. The average Bonchev–Trinajstić information content (AvgIpc) is 3.42. The van der Waals surface area contributed by atoms with Crippen molar-refractivity contribution in [1.82, 2.24) is 4.90 Å². The molecule has 4 nitrogen and oxygen atoms in total. The second-order valence-corrected chi connectivity index (χ2v) is 7.42. The van der Waals surface area contributed by atoms with Gasteiger partial charge in [-0.1, -0.05) is 48.5 Å². The number of benzene rings is 2. The molecule has 1 aliphatic carbocycles. The van der Waals surface area contributed by atoms with Gasteiger partial charge in [0.2, 0.25) is 5.91 Å². The number of amides is 2. The highest BCUT2D eigenvalue weighted by Crippen LogP contribution is 2.36. The number of para-hydroxylation sites is 1. The molecule has 1 saturated carbocycles. The molecule has 2 aromatic carbocycles. The van der Waals surface area contributed by atoms with Crippen LogP contribution in [-0.2, 0) is 16.1 Å². The second kappa shape index (κ2) is 6.69. The van der Waals surface area contributed by atoms with Crippen LogP contribution in [0.1, 0.15) is 36.0 Å². The van der Waals surface area contributed by atoms with Gasteiger partial charge in [0.05, 0.1) is 18.2 Å². The normalized spacial score (nSPS) is 20.3. The molecule has 0 radical (unpaired) electrons. The highest BCUT2D eigenvalue weighted by atomic mass is 16.2. The molecule has 0 aromatic heterocycles. The number of anilines is 1. The average molecular weight is 348 g/mol. The van der Waals surface area contributed by atoms with Gasteiger partial charge in [0.1, 0.15) is 0 Å². The van der Waals surface area contributed by atoms with E-state index in [1.54, 1.807) is 0 Å². The highest BCUT2D eigenvalue weighted by molar-refractivity contribution is 6.23. The lowest BCUT2D eigenvalue weighted by molar-refractivity contribution is -0.123. The Labute approximate surface area is 154 Å². The molecule has 0 spiro atoms. The van der Waals surface area contributed by atoms with E-state index in [-0.39, 0.29) is 24.3 Å². The van der Waals surface area contributed by atoms with Crippen molar-refractivity contribution in [2.75, 3.05) is 4.90 Å². The van der Waals surface area contributed by atoms with E-state index in [2.05, 4.69) is 17.0 Å². The summed E-state index contributed by atoms with van der Waals surface area (Å²) in [5.74, 6) is -0.161. The number of aryl methyl sites for hydroxylation is 2. The van der Waals surface area contributed by atoms with Crippen LogP contribution in [0.4, 0.5) is 5.69 Å². The fourth-order valence-corrected chi connectivity index (χ4v) is 3.96. The topological polar surface area (TPSA) is 40.6 Å². The Morgan fingerprint density at radius 1 is 0.962 bits per heavy atom. The third kappa shape index (κ3) is 3.06. The molecule has 2 amide bonds. The van der Waals surface area contributed by atoms with Gasteiger partial charge < -0.3 is 0 Å². The summed E-state index contributed by atoms with van der Waals surface area (Å²) in [7, 11) is 0. The zero-order valence-corrected chi connectivity index (χ0v) is 15.3. The highest BCUT2D eigenvalue weighted by Gasteiger charge is 2.47. The predicted octanol–water partition coefficient (Wildman–Crippen LogP) is 3.60. The van der Waals surface area contributed by atoms with E-state index in [0.29, 0.717) is 6.04 Å². The van der Waals surface area contributed by atoms with Crippen LogP contribution in [0.15, 0.2) is 48.5 Å². The Kier molecular flexibility index (Phi) is 4.37. The van der Waals surface area contributed by atoms with E-state index in [9.17, 15) is 9.59 Å². The molecule has 2 aliphatic rings. The summed E-state index contributed by atoms with van der Waals surface area (Å²) in [4.78, 5) is 29.7. The second-order valence-electron chi connectivity index (χ2n) is 7.42. The number of carbonyl (C=O) groups excluding carboxylic acids is 2. The van der Waals surface area contributed by atoms with E-state index in [1.807, 2.05) is 50.2 Å². The van der Waals surface area contributed by atoms with Crippen LogP contribution in [0, 0.1) is 13.8 Å². The first-order valence-electron chi connectivity index (χ1n) is 9.29. The Morgan fingerprint density at radius 3 is 2.23 bits per heavy atom. The summed E-state index contributed by atoms with van der Waals surface area (Å²) in [5.41, 5.74) is 3.88. The standard InChI is InChI=1S/C22H24N2O2/c1-15-7-6-8-16(2)21(15)24-20(25)13-19(22(24)26)23(18-11-12-18)14-17-9-4-3-5-10-17/h3-10,18-19H,11-14H2,1-2H3/t19-/m0/s1. The molecule has 1 atom stereocenters. The van der Waals surface area contributed by atoms with Gasteiger partial charge in [-0.05, 0) is 43.4 Å². The van der Waals surface area contributed by atoms with Crippen LogP contribution in [0.5, 0.6) is 0 Å². The maximum absolute atomic E-state index is 13.2. The van der Waals surface area contributed by atoms with Crippen molar-refractivity contribution in [3.63, 3.8) is 0 Å². The number of rotatable bonds is 5. The van der Waals surface area contributed by atoms with Crippen LogP contribution in [0.25, 0.3) is 0 Å². The first kappa shape index (κ1) is 17.0. The van der Waals surface area contributed by atoms with Gasteiger partial charge in [-0.2, -0.15) is 0 Å². The first-order valence-corrected chi connectivity index (χ1v) is 9.29. The summed E-state index contributed by atoms with van der Waals surface area (Å²) in [6.07, 6.45) is 2.48. The van der Waals surface area contributed by atoms with E-state index in [0.717, 1.165) is 36.2 Å². The van der Waals surface area contributed by atoms with Gasteiger partial charge >= 0.3 is 0 Å². The zero-order valence-electron chi connectivity index (χ0n) is 15.3. The van der Waals surface area contributed by atoms with Crippen LogP contribution in [-0.4, -0.2) is 28.8 Å². The van der Waals surface area contributed by atoms with Crippen molar-refractivity contribution in [3.8, 4) is 0 Å². The Morgan fingerprint density at radius 2 is 1.62 bits per heavy atom. The maximum atomic E-state index is 13.2. The quantitative estimate of drug-likeness (QED) is 0.775. The zero-order chi connectivity index (χ0) is 18.3. The molecule has 0 N–H and O–H groups in total. The van der Waals surface area contributed by atoms with Gasteiger partial charge in [0.15, 0.2) is 0 Å². The third-order valence-electron chi connectivity index (χ3n) is 5.41. The van der Waals surface area contributed by atoms with Gasteiger partial charge in [0.25, 0.3) is 5.91 Å². The van der Waals surface area contributed by atoms with Gasteiger partial charge in [-0.15, -0.1) is 0 Å². The van der Waals surface area contributed by atoms with E-state index in [4.69, 9.17) is 0 Å². The number of nitrogens with zero attached hydrogens (tertiary/aromatic N) is 2. The van der Waals surface area contributed by atoms with Crippen molar-refractivity contribution in [2.24, 2.45) is 0 Å². The van der Waals surface area contributed by atoms with Crippen molar-refractivity contribution >= 4 is 17.5 Å². The predicted molar refractivity (Wildman–Crippen MR) is 102 cm³/mol. The van der Waals surface area contributed by atoms with Crippen molar-refractivity contribution < 1.29 is 9.59 Å². The van der Waals surface area contributed by atoms with Crippen LogP contribution in [0.3, 0.4) is 0 Å². The molecule has 0 bridgehead atoms.